The molecule has 0 saturated heterocycles. The molecule has 28 heavy (non-hydrogen) atoms. The van der Waals surface area contributed by atoms with Gasteiger partial charge in [0.05, 0.1) is 0 Å². The van der Waals surface area contributed by atoms with Crippen LogP contribution in [0.5, 0.6) is 5.88 Å². The van der Waals surface area contributed by atoms with Crippen molar-refractivity contribution in [3.8, 4) is 17.0 Å². The molecule has 3 aromatic heterocycles. The second kappa shape index (κ2) is 7.62. The number of halogens is 6. The zero-order valence-electron chi connectivity index (χ0n) is 14.1. The quantitative estimate of drug-likeness (QED) is 0.579. The number of aromatic nitrogens is 4. The van der Waals surface area contributed by atoms with Crippen molar-refractivity contribution in [2.24, 2.45) is 0 Å². The lowest BCUT2D eigenvalue weighted by Crippen LogP contribution is -2.31. The minimum absolute atomic E-state index is 0.0875. The van der Waals surface area contributed by atoms with E-state index in [9.17, 15) is 26.3 Å². The van der Waals surface area contributed by atoms with Crippen molar-refractivity contribution in [1.29, 1.82) is 0 Å². The average Bonchev–Trinajstić information content (AvgIpc) is 3.03. The third kappa shape index (κ3) is 4.32. The predicted molar refractivity (Wildman–Crippen MR) is 83.1 cm³/mol. The van der Waals surface area contributed by atoms with Crippen molar-refractivity contribution in [3.63, 3.8) is 0 Å². The van der Waals surface area contributed by atoms with Crippen LogP contribution >= 0.6 is 0 Å². The molecule has 0 saturated carbocycles. The number of ether oxygens (including phenoxy) is 2. The van der Waals surface area contributed by atoms with Gasteiger partial charge in [0.25, 0.3) is 5.88 Å². The second-order valence-electron chi connectivity index (χ2n) is 5.65. The molecule has 0 aliphatic carbocycles. The normalized spacial score (nSPS) is 13.3. The van der Waals surface area contributed by atoms with Gasteiger partial charge in [-0.25, -0.2) is 9.37 Å². The summed E-state index contributed by atoms with van der Waals surface area (Å²) in [5, 5.41) is 7.52. The van der Waals surface area contributed by atoms with Crippen LogP contribution in [0.25, 0.3) is 16.8 Å². The summed E-state index contributed by atoms with van der Waals surface area (Å²) in [6.45, 7) is -2.75. The topological polar surface area (TPSA) is 61.5 Å². The summed E-state index contributed by atoms with van der Waals surface area (Å²) in [4.78, 5) is 3.60. The van der Waals surface area contributed by atoms with Crippen molar-refractivity contribution in [3.05, 3.63) is 42.2 Å². The number of pyridine rings is 2. The molecule has 0 unspecified atom stereocenters. The van der Waals surface area contributed by atoms with E-state index in [1.165, 1.54) is 22.7 Å². The number of nitrogens with zero attached hydrogens (tertiary/aromatic N) is 4. The summed E-state index contributed by atoms with van der Waals surface area (Å²) in [6, 6.07) is 3.99. The van der Waals surface area contributed by atoms with Crippen LogP contribution in [-0.4, -0.2) is 38.5 Å². The molecule has 3 heterocycles. The summed E-state index contributed by atoms with van der Waals surface area (Å²) in [5.74, 6) is -1.78. The predicted octanol–water partition coefficient (Wildman–Crippen LogP) is 4.00. The number of hydrogen-bond donors (Lipinski definition) is 0. The minimum Gasteiger partial charge on any atom is -0.463 e. The average molecular weight is 406 g/mol. The van der Waals surface area contributed by atoms with Gasteiger partial charge in [-0.2, -0.15) is 22.0 Å². The Kier molecular flexibility index (Phi) is 5.40. The number of alkyl halides is 5. The highest BCUT2D eigenvalue weighted by molar-refractivity contribution is 5.64. The van der Waals surface area contributed by atoms with Crippen LogP contribution in [0.1, 0.15) is 12.7 Å². The maximum atomic E-state index is 14.1. The summed E-state index contributed by atoms with van der Waals surface area (Å²) in [7, 11) is 0. The largest absolute Gasteiger partial charge is 0.463 e. The Morgan fingerprint density at radius 1 is 1.14 bits per heavy atom. The van der Waals surface area contributed by atoms with E-state index in [1.54, 1.807) is 0 Å². The van der Waals surface area contributed by atoms with Crippen molar-refractivity contribution in [2.75, 3.05) is 0 Å². The van der Waals surface area contributed by atoms with E-state index in [0.717, 1.165) is 19.2 Å². The molecule has 150 valence electrons. The van der Waals surface area contributed by atoms with E-state index in [1.807, 2.05) is 0 Å². The standard InChI is InChI=1S/C16H12F6N4O2/c1-8(16(20,21)22)28-14-11(17)4-10(5-23-14)9-2-3-12-24-25-13(26(12)6-9)7-27-15(18)19/h2-6,8,15H,7H2,1H3/t8-/m0/s1. The number of rotatable bonds is 6. The Bertz CT molecular complexity index is 975. The molecule has 0 N–H and O–H groups in total. The van der Waals surface area contributed by atoms with Crippen LogP contribution < -0.4 is 4.74 Å². The van der Waals surface area contributed by atoms with E-state index in [0.29, 0.717) is 11.2 Å². The third-order valence-electron chi connectivity index (χ3n) is 3.70. The van der Waals surface area contributed by atoms with Crippen LogP contribution in [0.4, 0.5) is 26.3 Å². The molecule has 12 heteroatoms. The van der Waals surface area contributed by atoms with Gasteiger partial charge >= 0.3 is 12.8 Å². The van der Waals surface area contributed by atoms with Crippen LogP contribution in [0.3, 0.4) is 0 Å². The molecule has 0 fully saturated rings. The molecule has 0 aromatic carbocycles. The van der Waals surface area contributed by atoms with Gasteiger partial charge in [0, 0.05) is 23.5 Å². The number of hydrogen-bond acceptors (Lipinski definition) is 5. The van der Waals surface area contributed by atoms with Gasteiger partial charge in [-0.15, -0.1) is 10.2 Å². The lowest BCUT2D eigenvalue weighted by atomic mass is 10.1. The maximum absolute atomic E-state index is 14.1. The Morgan fingerprint density at radius 3 is 2.54 bits per heavy atom. The first-order valence-corrected chi connectivity index (χ1v) is 7.78. The Hall–Kier alpha value is -2.89. The van der Waals surface area contributed by atoms with Gasteiger partial charge in [-0.3, -0.25) is 4.40 Å². The number of fused-ring (bicyclic) bond motifs is 1. The highest BCUT2D eigenvalue weighted by atomic mass is 19.4. The van der Waals surface area contributed by atoms with Gasteiger partial charge in [0.15, 0.2) is 23.4 Å². The Balaban J connectivity index is 1.88. The zero-order valence-corrected chi connectivity index (χ0v) is 14.1. The highest BCUT2D eigenvalue weighted by Crippen LogP contribution is 2.28. The van der Waals surface area contributed by atoms with Crippen molar-refractivity contribution < 1.29 is 35.8 Å². The molecule has 3 aromatic rings. The first-order chi connectivity index (χ1) is 13.1. The first kappa shape index (κ1) is 19.9. The fourth-order valence-electron chi connectivity index (χ4n) is 2.25. The van der Waals surface area contributed by atoms with Crippen LogP contribution in [0.2, 0.25) is 0 Å². The van der Waals surface area contributed by atoms with Crippen molar-refractivity contribution in [2.45, 2.75) is 32.4 Å². The fraction of sp³-hybridized carbons (Fsp3) is 0.312. The second-order valence-corrected chi connectivity index (χ2v) is 5.65. The molecular weight excluding hydrogens is 394 g/mol. The molecule has 0 radical (unpaired) electrons. The SMILES string of the molecule is C[C@H](Oc1ncc(-c2ccc3nnc(COC(F)F)n3c2)cc1F)C(F)(F)F. The third-order valence-corrected chi connectivity index (χ3v) is 3.70. The van der Waals surface area contributed by atoms with Gasteiger partial charge < -0.3 is 9.47 Å². The smallest absolute Gasteiger partial charge is 0.425 e. The van der Waals surface area contributed by atoms with Crippen LogP contribution in [0, 0.1) is 5.82 Å². The molecule has 0 spiro atoms. The summed E-state index contributed by atoms with van der Waals surface area (Å²) in [5.41, 5.74) is 0.956. The Labute approximate surface area is 153 Å². The molecule has 0 aliphatic rings. The molecular formula is C16H12F6N4O2. The maximum Gasteiger partial charge on any atom is 0.425 e. The molecule has 0 amide bonds. The van der Waals surface area contributed by atoms with Crippen LogP contribution in [-0.2, 0) is 11.3 Å². The van der Waals surface area contributed by atoms with Crippen molar-refractivity contribution in [1.82, 2.24) is 19.6 Å². The van der Waals surface area contributed by atoms with Gasteiger partial charge in [-0.05, 0) is 25.1 Å². The molecule has 1 atom stereocenters. The molecule has 6 nitrogen and oxygen atoms in total. The summed E-state index contributed by atoms with van der Waals surface area (Å²) >= 11 is 0. The lowest BCUT2D eigenvalue weighted by Gasteiger charge is -2.17. The van der Waals surface area contributed by atoms with E-state index in [4.69, 9.17) is 0 Å². The lowest BCUT2D eigenvalue weighted by molar-refractivity contribution is -0.190. The summed E-state index contributed by atoms with van der Waals surface area (Å²) in [6.07, 6.45) is -4.33. The molecule has 0 bridgehead atoms. The monoisotopic (exact) mass is 406 g/mol. The van der Waals surface area contributed by atoms with Gasteiger partial charge in [0.2, 0.25) is 0 Å². The molecule has 0 aliphatic heterocycles. The van der Waals surface area contributed by atoms with Gasteiger partial charge in [-0.1, -0.05) is 0 Å². The van der Waals surface area contributed by atoms with Gasteiger partial charge in [0.1, 0.15) is 6.61 Å². The summed E-state index contributed by atoms with van der Waals surface area (Å²) < 4.78 is 86.2. The van der Waals surface area contributed by atoms with Crippen molar-refractivity contribution >= 4 is 5.65 Å². The highest BCUT2D eigenvalue weighted by Gasteiger charge is 2.38. The first-order valence-electron chi connectivity index (χ1n) is 7.78. The van der Waals surface area contributed by atoms with Crippen LogP contribution in [0.15, 0.2) is 30.6 Å². The van der Waals surface area contributed by atoms with E-state index in [-0.39, 0.29) is 11.4 Å². The Morgan fingerprint density at radius 2 is 1.89 bits per heavy atom. The van der Waals surface area contributed by atoms with E-state index in [2.05, 4.69) is 24.7 Å². The van der Waals surface area contributed by atoms with E-state index >= 15 is 0 Å². The van der Waals surface area contributed by atoms with E-state index < -0.39 is 37.2 Å². The minimum atomic E-state index is -4.66. The zero-order chi connectivity index (χ0) is 20.5. The fourth-order valence-corrected chi connectivity index (χ4v) is 2.25. The molecule has 3 rings (SSSR count).